The Labute approximate surface area is 141 Å². The maximum Gasteiger partial charge on any atom is 0.317 e. The number of carbonyl (C=O) groups excluding carboxylic acids is 1. The maximum absolute atomic E-state index is 12.1. The lowest BCUT2D eigenvalue weighted by molar-refractivity contribution is 0.0913. The van der Waals surface area contributed by atoms with Gasteiger partial charge in [-0.2, -0.15) is 5.10 Å². The SMILES string of the molecule is O=C(NCC1CCCO1)N1CC(Cn2nc3c(cc2=O)CCC3)C1. The summed E-state index contributed by atoms with van der Waals surface area (Å²) in [6.07, 6.45) is 5.30. The van der Waals surface area contributed by atoms with Crippen LogP contribution in [0.15, 0.2) is 10.9 Å². The van der Waals surface area contributed by atoms with E-state index in [1.165, 1.54) is 0 Å². The molecular weight excluding hydrogens is 308 g/mol. The van der Waals surface area contributed by atoms with E-state index in [1.54, 1.807) is 15.6 Å². The van der Waals surface area contributed by atoms with Crippen LogP contribution in [0.4, 0.5) is 4.79 Å². The maximum atomic E-state index is 12.1. The zero-order chi connectivity index (χ0) is 16.5. The van der Waals surface area contributed by atoms with E-state index in [1.807, 2.05) is 0 Å². The first-order chi connectivity index (χ1) is 11.7. The normalized spacial score (nSPS) is 23.2. The van der Waals surface area contributed by atoms with Gasteiger partial charge in [-0.25, -0.2) is 9.48 Å². The van der Waals surface area contributed by atoms with Crippen LogP contribution in [0.1, 0.15) is 30.5 Å². The van der Waals surface area contributed by atoms with Gasteiger partial charge in [0.2, 0.25) is 0 Å². The molecule has 0 saturated carbocycles. The zero-order valence-electron chi connectivity index (χ0n) is 13.9. The number of rotatable bonds is 4. The fourth-order valence-corrected chi connectivity index (χ4v) is 3.78. The van der Waals surface area contributed by atoms with Crippen molar-refractivity contribution in [3.63, 3.8) is 0 Å². The molecule has 2 aliphatic heterocycles. The van der Waals surface area contributed by atoms with Gasteiger partial charge >= 0.3 is 6.03 Å². The van der Waals surface area contributed by atoms with Gasteiger partial charge < -0.3 is 15.0 Å². The number of hydrogen-bond donors (Lipinski definition) is 1. The van der Waals surface area contributed by atoms with E-state index < -0.39 is 0 Å². The fourth-order valence-electron chi connectivity index (χ4n) is 3.78. The smallest absolute Gasteiger partial charge is 0.317 e. The van der Waals surface area contributed by atoms with Crippen LogP contribution in [0, 0.1) is 5.92 Å². The van der Waals surface area contributed by atoms with E-state index in [0.717, 1.165) is 50.0 Å². The summed E-state index contributed by atoms with van der Waals surface area (Å²) in [5.74, 6) is 0.308. The number of likely N-dealkylation sites (tertiary alicyclic amines) is 1. The highest BCUT2D eigenvalue weighted by molar-refractivity contribution is 5.75. The second-order valence-corrected chi connectivity index (χ2v) is 7.08. The van der Waals surface area contributed by atoms with Crippen molar-refractivity contribution in [2.24, 2.45) is 5.92 Å². The van der Waals surface area contributed by atoms with Crippen molar-refractivity contribution in [1.82, 2.24) is 20.0 Å². The van der Waals surface area contributed by atoms with Gasteiger partial charge in [-0.15, -0.1) is 0 Å². The molecule has 1 unspecified atom stereocenters. The monoisotopic (exact) mass is 332 g/mol. The summed E-state index contributed by atoms with van der Waals surface area (Å²) in [5.41, 5.74) is 2.16. The number of fused-ring (bicyclic) bond motifs is 1. The Morgan fingerprint density at radius 2 is 2.21 bits per heavy atom. The first-order valence-corrected chi connectivity index (χ1v) is 8.93. The molecule has 2 fully saturated rings. The van der Waals surface area contributed by atoms with Crippen LogP contribution in [-0.4, -0.2) is 53.1 Å². The van der Waals surface area contributed by atoms with E-state index in [0.29, 0.717) is 32.1 Å². The topological polar surface area (TPSA) is 76.5 Å². The first-order valence-electron chi connectivity index (χ1n) is 8.93. The summed E-state index contributed by atoms with van der Waals surface area (Å²) < 4.78 is 7.08. The third kappa shape index (κ3) is 3.17. The van der Waals surface area contributed by atoms with Gasteiger partial charge in [0.05, 0.1) is 18.3 Å². The minimum Gasteiger partial charge on any atom is -0.376 e. The molecule has 24 heavy (non-hydrogen) atoms. The van der Waals surface area contributed by atoms with Crippen molar-refractivity contribution in [3.8, 4) is 0 Å². The molecule has 1 aromatic rings. The molecule has 1 aromatic heterocycles. The largest absolute Gasteiger partial charge is 0.376 e. The third-order valence-corrected chi connectivity index (χ3v) is 5.20. The van der Waals surface area contributed by atoms with E-state index in [4.69, 9.17) is 4.74 Å². The number of aryl methyl sites for hydroxylation is 2. The number of urea groups is 1. The van der Waals surface area contributed by atoms with Crippen LogP contribution in [0.5, 0.6) is 0 Å². The molecule has 1 aliphatic carbocycles. The second-order valence-electron chi connectivity index (χ2n) is 7.08. The summed E-state index contributed by atoms with van der Waals surface area (Å²) in [6.45, 7) is 3.35. The van der Waals surface area contributed by atoms with Crippen molar-refractivity contribution >= 4 is 6.03 Å². The molecule has 0 radical (unpaired) electrons. The third-order valence-electron chi connectivity index (χ3n) is 5.20. The van der Waals surface area contributed by atoms with Gasteiger partial charge in [-0.05, 0) is 37.7 Å². The van der Waals surface area contributed by atoms with Gasteiger partial charge in [0, 0.05) is 38.2 Å². The molecule has 7 heteroatoms. The highest BCUT2D eigenvalue weighted by atomic mass is 16.5. The predicted octanol–water partition coefficient (Wildman–Crippen LogP) is 0.552. The Bertz CT molecular complexity index is 675. The average Bonchev–Trinajstić information content (AvgIpc) is 3.19. The molecule has 3 aliphatic rings. The van der Waals surface area contributed by atoms with Gasteiger partial charge in [0.15, 0.2) is 0 Å². The number of carbonyl (C=O) groups is 1. The number of nitrogens with one attached hydrogen (secondary N) is 1. The number of nitrogens with zero attached hydrogens (tertiary/aromatic N) is 3. The van der Waals surface area contributed by atoms with Crippen LogP contribution in [0.2, 0.25) is 0 Å². The number of aromatic nitrogens is 2. The lowest BCUT2D eigenvalue weighted by Crippen LogP contribution is -2.56. The second kappa shape index (κ2) is 6.55. The van der Waals surface area contributed by atoms with Crippen LogP contribution in [0.25, 0.3) is 0 Å². The quantitative estimate of drug-likeness (QED) is 0.874. The lowest BCUT2D eigenvalue weighted by Gasteiger charge is -2.39. The minimum atomic E-state index is -0.0315. The van der Waals surface area contributed by atoms with Gasteiger partial charge in [0.1, 0.15) is 0 Å². The highest BCUT2D eigenvalue weighted by Gasteiger charge is 2.32. The van der Waals surface area contributed by atoms with Crippen molar-refractivity contribution in [3.05, 3.63) is 27.7 Å². The van der Waals surface area contributed by atoms with E-state index >= 15 is 0 Å². The molecule has 1 atom stereocenters. The molecule has 0 aromatic carbocycles. The number of hydrogen-bond acceptors (Lipinski definition) is 4. The summed E-state index contributed by atoms with van der Waals surface area (Å²) in [4.78, 5) is 26.0. The predicted molar refractivity (Wildman–Crippen MR) is 88.0 cm³/mol. The Morgan fingerprint density at radius 1 is 1.33 bits per heavy atom. The molecule has 0 bridgehead atoms. The summed E-state index contributed by atoms with van der Waals surface area (Å²) >= 11 is 0. The van der Waals surface area contributed by atoms with Crippen molar-refractivity contribution in [2.75, 3.05) is 26.2 Å². The van der Waals surface area contributed by atoms with E-state index in [9.17, 15) is 9.59 Å². The van der Waals surface area contributed by atoms with Crippen LogP contribution < -0.4 is 10.9 Å². The first kappa shape index (κ1) is 15.6. The van der Waals surface area contributed by atoms with E-state index in [2.05, 4.69) is 10.4 Å². The van der Waals surface area contributed by atoms with Crippen LogP contribution in [0.3, 0.4) is 0 Å². The molecular formula is C17H24N4O3. The van der Waals surface area contributed by atoms with Crippen LogP contribution >= 0.6 is 0 Å². The molecule has 0 spiro atoms. The fraction of sp³-hybridized carbons (Fsp3) is 0.706. The van der Waals surface area contributed by atoms with Gasteiger partial charge in [-0.1, -0.05) is 0 Å². The molecule has 7 nitrogen and oxygen atoms in total. The minimum absolute atomic E-state index is 0.0167. The molecule has 2 amide bonds. The summed E-state index contributed by atoms with van der Waals surface area (Å²) in [5, 5.41) is 7.44. The zero-order valence-corrected chi connectivity index (χ0v) is 13.9. The summed E-state index contributed by atoms with van der Waals surface area (Å²) in [7, 11) is 0. The Hall–Kier alpha value is -1.89. The van der Waals surface area contributed by atoms with Gasteiger partial charge in [-0.3, -0.25) is 4.79 Å². The highest BCUT2D eigenvalue weighted by Crippen LogP contribution is 2.20. The Balaban J connectivity index is 1.25. The standard InChI is InChI=1S/C17H24N4O3/c22-16-7-13-3-1-5-15(13)19-21(16)11-12-9-20(10-12)17(23)18-8-14-4-2-6-24-14/h7,12,14H,1-6,8-11H2,(H,18,23). The molecule has 1 N–H and O–H groups in total. The summed E-state index contributed by atoms with van der Waals surface area (Å²) in [6, 6.07) is 1.70. The van der Waals surface area contributed by atoms with Crippen LogP contribution in [-0.2, 0) is 24.1 Å². The van der Waals surface area contributed by atoms with Crippen molar-refractivity contribution in [2.45, 2.75) is 44.8 Å². The molecule has 3 heterocycles. The molecule has 2 saturated heterocycles. The average molecular weight is 332 g/mol. The van der Waals surface area contributed by atoms with Crippen molar-refractivity contribution in [1.29, 1.82) is 0 Å². The molecule has 130 valence electrons. The van der Waals surface area contributed by atoms with Gasteiger partial charge in [0.25, 0.3) is 5.56 Å². The molecule has 4 rings (SSSR count). The van der Waals surface area contributed by atoms with Crippen molar-refractivity contribution < 1.29 is 9.53 Å². The lowest BCUT2D eigenvalue weighted by atomic mass is 10.0. The Kier molecular flexibility index (Phi) is 4.26. The van der Waals surface area contributed by atoms with E-state index in [-0.39, 0.29) is 17.7 Å². The number of ether oxygens (including phenoxy) is 1. The Morgan fingerprint density at radius 3 is 3.00 bits per heavy atom. The number of amides is 2.